The highest BCUT2D eigenvalue weighted by Crippen LogP contribution is 1.86. The molecule has 0 aromatic rings. The van der Waals surface area contributed by atoms with E-state index in [-0.39, 0.29) is 12.9 Å². The van der Waals surface area contributed by atoms with Crippen LogP contribution < -0.4 is 0 Å². The van der Waals surface area contributed by atoms with Crippen LogP contribution in [0.5, 0.6) is 0 Å². The molecule has 22 heavy (non-hydrogen) atoms. The molecule has 0 aliphatic heterocycles. The van der Waals surface area contributed by atoms with Gasteiger partial charge < -0.3 is 25.0 Å². The van der Waals surface area contributed by atoms with E-state index in [4.69, 9.17) is 52.3 Å². The summed E-state index contributed by atoms with van der Waals surface area (Å²) in [4.78, 5) is 41.9. The van der Waals surface area contributed by atoms with Crippen molar-refractivity contribution < 1.29 is 47.9 Å². The Morgan fingerprint density at radius 2 is 0.682 bits per heavy atom. The first-order valence-electron chi connectivity index (χ1n) is 3.23. The zero-order chi connectivity index (χ0) is 18.8. The molecule has 12 nitrogen and oxygen atoms in total. The molecule has 0 heterocycles. The molecular formula is C3H21O12P7. The molecule has 19 heteroatoms. The van der Waals surface area contributed by atoms with Gasteiger partial charge in [0.15, 0.2) is 0 Å². The summed E-state index contributed by atoms with van der Waals surface area (Å²) in [5, 5.41) is 0. The van der Waals surface area contributed by atoms with Crippen molar-refractivity contribution in [3.05, 3.63) is 9.93 Å². The van der Waals surface area contributed by atoms with E-state index in [0.29, 0.717) is 0 Å². The van der Waals surface area contributed by atoms with Crippen LogP contribution in [0.15, 0.2) is 0 Å². The summed E-state index contributed by atoms with van der Waals surface area (Å²) in [6.45, 7) is 4.00. The molecule has 0 amide bonds. The van der Waals surface area contributed by atoms with Crippen LogP contribution >= 0.6 is 61.7 Å². The Morgan fingerprint density at radius 1 is 0.682 bits per heavy atom. The van der Waals surface area contributed by atoms with Crippen molar-refractivity contribution in [1.29, 1.82) is 0 Å². The molecule has 0 radical (unpaired) electrons. The first-order chi connectivity index (χ1) is 9.66. The predicted octanol–water partition coefficient (Wildman–Crippen LogP) is 2.77. The van der Waals surface area contributed by atoms with Crippen molar-refractivity contribution in [2.45, 2.75) is 21.3 Å². The van der Waals surface area contributed by atoms with E-state index >= 15 is 0 Å². The summed E-state index contributed by atoms with van der Waals surface area (Å²) < 4.78 is 41.9. The second kappa shape index (κ2) is 414. The van der Waals surface area contributed by atoms with Crippen molar-refractivity contribution in [2.24, 2.45) is 0 Å². The maximum atomic E-state index is 8.46. The minimum absolute atomic E-state index is 0. The molecule has 0 fully saturated rings. The lowest BCUT2D eigenvalue weighted by atomic mass is 11.0. The molecule has 0 saturated heterocycles. The topological polar surface area (TPSA) is 232 Å². The van der Waals surface area contributed by atoms with Gasteiger partial charge in [0, 0.05) is 9.93 Å². The van der Waals surface area contributed by atoms with Gasteiger partial charge in [0.1, 0.15) is 9.12 Å². The van der Waals surface area contributed by atoms with E-state index in [2.05, 4.69) is 17.9 Å². The average molecular weight is 466 g/mol. The Bertz CT molecular complexity index is 103. The van der Waals surface area contributed by atoms with Crippen molar-refractivity contribution >= 4 is 61.7 Å². The zero-order valence-corrected chi connectivity index (χ0v) is 17.5. The fourth-order valence-corrected chi connectivity index (χ4v) is 0. The molecule has 6 N–H and O–H groups in total. The Kier molecular flexibility index (Phi) is 1250. The third kappa shape index (κ3) is 14000. The number of hydrogen-bond acceptors (Lipinski definition) is 7. The fourth-order valence-electron chi connectivity index (χ4n) is 0. The molecule has 0 saturated carbocycles. The van der Waals surface area contributed by atoms with E-state index in [9.17, 15) is 0 Å². The van der Waals surface area contributed by atoms with Gasteiger partial charge in [-0.25, -0.2) is 18.3 Å². The molecular weight excluding hydrogens is 445 g/mol. The third-order valence-electron chi connectivity index (χ3n) is 0. The van der Waals surface area contributed by atoms with Gasteiger partial charge in [0.2, 0.25) is 0 Å². The van der Waals surface area contributed by atoms with Crippen molar-refractivity contribution in [3.63, 3.8) is 0 Å². The van der Waals surface area contributed by atoms with Gasteiger partial charge >= 0.3 is 34.7 Å². The van der Waals surface area contributed by atoms with Gasteiger partial charge in [-0.1, -0.05) is 21.3 Å². The smallest absolute Gasteiger partial charge is 0.324 e. The van der Waals surface area contributed by atoms with Crippen molar-refractivity contribution in [2.75, 3.05) is 0 Å². The summed E-state index contributed by atoms with van der Waals surface area (Å²) in [5.41, 5.74) is 0. The van der Waals surface area contributed by atoms with Gasteiger partial charge in [0.25, 0.3) is 0 Å². The molecule has 0 aromatic heterocycles. The molecule has 0 spiro atoms. The first kappa shape index (κ1) is 66.2. The average Bonchev–Trinajstić information content (AvgIpc) is 2.50. The van der Waals surface area contributed by atoms with Gasteiger partial charge in [-0.05, 0) is 0 Å². The van der Waals surface area contributed by atoms with Crippen LogP contribution in [0, 0.1) is 9.93 Å². The molecule has 2 unspecified atom stereocenters. The highest BCUT2D eigenvalue weighted by atomic mass is 32.0. The largest absolute Gasteiger partial charge is 0.412 e. The summed E-state index contributed by atoms with van der Waals surface area (Å²) in [6.07, 6.45) is 0. The monoisotopic (exact) mass is 466 g/mol. The molecule has 0 aliphatic carbocycles. The molecule has 2 atom stereocenters. The Balaban J connectivity index is -0.00000000932. The Labute approximate surface area is 141 Å². The van der Waals surface area contributed by atoms with E-state index in [1.54, 1.807) is 9.12 Å². The van der Waals surface area contributed by atoms with Crippen LogP contribution in [0.25, 0.3) is 0 Å². The summed E-state index contributed by atoms with van der Waals surface area (Å²) in [5.74, 6) is 0. The Hall–Kier alpha value is 0.760. The quantitative estimate of drug-likeness (QED) is 0.379. The number of rotatable bonds is 0. The minimum Gasteiger partial charge on any atom is -0.412 e. The maximum absolute atomic E-state index is 8.46. The SMILES string of the molecule is C.CC.O.O=O.O=P.O=PO.O=PO.O=PO.O=PO.PP. The lowest BCUT2D eigenvalue weighted by Crippen LogP contribution is -1.03. The van der Waals surface area contributed by atoms with Gasteiger partial charge in [-0.15, -0.1) is 17.9 Å². The van der Waals surface area contributed by atoms with Crippen LogP contribution in [0.2, 0.25) is 0 Å². The van der Waals surface area contributed by atoms with E-state index in [1.165, 1.54) is 0 Å². The van der Waals surface area contributed by atoms with Crippen LogP contribution in [0.4, 0.5) is 0 Å². The summed E-state index contributed by atoms with van der Waals surface area (Å²) >= 11 is 0. The molecule has 0 bridgehead atoms. The minimum atomic E-state index is -0.833. The fraction of sp³-hybridized carbons (Fsp3) is 1.00. The van der Waals surface area contributed by atoms with Crippen LogP contribution in [-0.4, -0.2) is 25.0 Å². The second-order valence-electron chi connectivity index (χ2n) is 0.327. The number of hydrogen-bond donors (Lipinski definition) is 4. The van der Waals surface area contributed by atoms with Crippen LogP contribution in [0.1, 0.15) is 21.3 Å². The maximum Gasteiger partial charge on any atom is 0.324 e. The highest BCUT2D eigenvalue weighted by molar-refractivity contribution is 7.92. The lowest BCUT2D eigenvalue weighted by Gasteiger charge is -1.24. The standard InChI is InChI=1S/C2H6.CH4.4HO2P.O2.HOP.H2O.H4P2/c1-2;;4*1-3-2;2*1-2;;1-2/h1-2H3;1H4;4*(H,1,2);;2H;1H2;1-2H2. The van der Waals surface area contributed by atoms with E-state index in [0.717, 1.165) is 0 Å². The third-order valence-corrected chi connectivity index (χ3v) is 0. The van der Waals surface area contributed by atoms with E-state index in [1.807, 2.05) is 13.8 Å². The summed E-state index contributed by atoms with van der Waals surface area (Å²) in [7, 11) is 3.06. The predicted molar refractivity (Wildman–Crippen MR) is 96.1 cm³/mol. The van der Waals surface area contributed by atoms with Crippen LogP contribution in [0.3, 0.4) is 0 Å². The van der Waals surface area contributed by atoms with Gasteiger partial charge in [0.05, 0.1) is 0 Å². The van der Waals surface area contributed by atoms with Crippen molar-refractivity contribution in [3.8, 4) is 0 Å². The van der Waals surface area contributed by atoms with E-state index < -0.39 is 34.7 Å². The van der Waals surface area contributed by atoms with Gasteiger partial charge in [-0.3, -0.25) is 4.57 Å². The first-order valence-corrected chi connectivity index (χ1v) is 9.37. The van der Waals surface area contributed by atoms with Gasteiger partial charge in [-0.2, -0.15) is 0 Å². The van der Waals surface area contributed by atoms with Crippen molar-refractivity contribution in [1.82, 2.24) is 0 Å². The molecule has 0 rings (SSSR count). The molecule has 140 valence electrons. The lowest BCUT2D eigenvalue weighted by molar-refractivity contribution is 0.523. The zero-order valence-electron chi connectivity index (χ0n) is 10.6. The molecule has 0 aromatic carbocycles. The highest BCUT2D eigenvalue weighted by Gasteiger charge is 1.29. The second-order valence-corrected chi connectivity index (χ2v) is 0.980. The normalized spacial score (nSPS) is 4.73. The summed E-state index contributed by atoms with van der Waals surface area (Å²) in [6, 6.07) is 0. The van der Waals surface area contributed by atoms with Crippen LogP contribution in [-0.2, 0) is 22.8 Å². The Morgan fingerprint density at radius 3 is 0.682 bits per heavy atom. The molecule has 0 aliphatic rings.